The van der Waals surface area contributed by atoms with Gasteiger partial charge in [0.15, 0.2) is 0 Å². The Bertz CT molecular complexity index is 282. The van der Waals surface area contributed by atoms with E-state index in [9.17, 15) is 4.79 Å². The van der Waals surface area contributed by atoms with Crippen molar-refractivity contribution in [3.8, 4) is 0 Å². The van der Waals surface area contributed by atoms with Gasteiger partial charge in [-0.05, 0) is 24.0 Å². The van der Waals surface area contributed by atoms with Crippen LogP contribution in [0.3, 0.4) is 0 Å². The molecule has 1 aromatic rings. The molecule has 1 N–H and O–H groups in total. The second kappa shape index (κ2) is 5.19. The van der Waals surface area contributed by atoms with Gasteiger partial charge in [0.05, 0.1) is 6.42 Å². The van der Waals surface area contributed by atoms with E-state index in [0.29, 0.717) is 0 Å². The van der Waals surface area contributed by atoms with Gasteiger partial charge in [0.1, 0.15) is 0 Å². The van der Waals surface area contributed by atoms with Gasteiger partial charge in [-0.1, -0.05) is 33.7 Å². The molecule has 0 amide bonds. The van der Waals surface area contributed by atoms with Crippen LogP contribution in [0.25, 0.3) is 0 Å². The van der Waals surface area contributed by atoms with Gasteiger partial charge in [-0.15, -0.1) is 0 Å². The van der Waals surface area contributed by atoms with Crippen LogP contribution >= 0.6 is 21.6 Å². The molecule has 13 heavy (non-hydrogen) atoms. The number of rotatable bonds is 4. The number of carboxylic acids is 1. The molecule has 0 aliphatic rings. The third kappa shape index (κ3) is 3.74. The van der Waals surface area contributed by atoms with Gasteiger partial charge < -0.3 is 5.11 Å². The molecule has 0 saturated heterocycles. The molecule has 1 aromatic carbocycles. The van der Waals surface area contributed by atoms with Gasteiger partial charge in [0.2, 0.25) is 0 Å². The molecule has 0 fully saturated rings. The van der Waals surface area contributed by atoms with Crippen LogP contribution in [0, 0.1) is 0 Å². The Morgan fingerprint density at radius 1 is 1.38 bits per heavy atom. The fraction of sp³-hybridized carbons (Fsp3) is 0.222. The Morgan fingerprint density at radius 3 is 2.46 bits per heavy atom. The molecule has 0 radical (unpaired) electrons. The first-order chi connectivity index (χ1) is 6.22. The topological polar surface area (TPSA) is 37.3 Å². The van der Waals surface area contributed by atoms with E-state index in [2.05, 4.69) is 0 Å². The van der Waals surface area contributed by atoms with Crippen LogP contribution in [0.4, 0.5) is 0 Å². The predicted octanol–water partition coefficient (Wildman–Crippen LogP) is 2.68. The van der Waals surface area contributed by atoms with Crippen LogP contribution in [0.2, 0.25) is 0 Å². The summed E-state index contributed by atoms with van der Waals surface area (Å²) < 4.78 is 0. The standard InChI is InChI=1S/C9H10O2S2/c1-12-13-8-4-2-7(3-5-8)6-9(10)11/h2-5H,6H2,1H3,(H,10,11). The number of benzene rings is 1. The Hall–Kier alpha value is -0.610. The van der Waals surface area contributed by atoms with Crippen LogP contribution in [-0.4, -0.2) is 17.3 Å². The summed E-state index contributed by atoms with van der Waals surface area (Å²) in [5, 5.41) is 8.53. The summed E-state index contributed by atoms with van der Waals surface area (Å²) in [5.74, 6) is -0.787. The molecule has 1 rings (SSSR count). The van der Waals surface area contributed by atoms with E-state index in [4.69, 9.17) is 5.11 Å². The molecular formula is C9H10O2S2. The minimum Gasteiger partial charge on any atom is -0.481 e. The van der Waals surface area contributed by atoms with Crippen molar-refractivity contribution in [2.24, 2.45) is 0 Å². The summed E-state index contributed by atoms with van der Waals surface area (Å²) in [7, 11) is 3.35. The zero-order valence-electron chi connectivity index (χ0n) is 7.19. The summed E-state index contributed by atoms with van der Waals surface area (Å²) in [4.78, 5) is 11.5. The van der Waals surface area contributed by atoms with Crippen molar-refractivity contribution < 1.29 is 9.90 Å². The zero-order chi connectivity index (χ0) is 9.68. The highest BCUT2D eigenvalue weighted by Crippen LogP contribution is 2.28. The highest BCUT2D eigenvalue weighted by Gasteiger charge is 1.99. The van der Waals surface area contributed by atoms with E-state index in [1.54, 1.807) is 21.6 Å². The van der Waals surface area contributed by atoms with Gasteiger partial charge in [0, 0.05) is 4.90 Å². The lowest BCUT2D eigenvalue weighted by Crippen LogP contribution is -1.99. The molecule has 4 heteroatoms. The average molecular weight is 214 g/mol. The SMILES string of the molecule is CSSc1ccc(CC(=O)O)cc1. The molecule has 0 bridgehead atoms. The monoisotopic (exact) mass is 214 g/mol. The van der Waals surface area contributed by atoms with Crippen LogP contribution < -0.4 is 0 Å². The number of carboxylic acid groups (broad SMARTS) is 1. The molecule has 0 heterocycles. The molecule has 0 spiro atoms. The van der Waals surface area contributed by atoms with E-state index < -0.39 is 5.97 Å². The van der Waals surface area contributed by atoms with Crippen molar-refractivity contribution >= 4 is 27.6 Å². The van der Waals surface area contributed by atoms with Crippen molar-refractivity contribution in [2.45, 2.75) is 11.3 Å². The molecule has 0 aliphatic carbocycles. The van der Waals surface area contributed by atoms with E-state index in [0.717, 1.165) is 10.5 Å². The van der Waals surface area contributed by atoms with Crippen LogP contribution in [0.5, 0.6) is 0 Å². The summed E-state index contributed by atoms with van der Waals surface area (Å²) in [6.07, 6.45) is 2.11. The van der Waals surface area contributed by atoms with E-state index in [1.165, 1.54) is 0 Å². The van der Waals surface area contributed by atoms with Gasteiger partial charge in [-0.25, -0.2) is 0 Å². The van der Waals surface area contributed by atoms with E-state index >= 15 is 0 Å². The van der Waals surface area contributed by atoms with Crippen molar-refractivity contribution in [1.29, 1.82) is 0 Å². The molecule has 0 aliphatic heterocycles. The third-order valence-corrected chi connectivity index (χ3v) is 3.17. The Labute approximate surface area is 85.1 Å². The predicted molar refractivity (Wildman–Crippen MR) is 57.2 cm³/mol. The first kappa shape index (κ1) is 10.5. The van der Waals surface area contributed by atoms with Crippen molar-refractivity contribution in [1.82, 2.24) is 0 Å². The van der Waals surface area contributed by atoms with Crippen LogP contribution in [0.15, 0.2) is 29.2 Å². The highest BCUT2D eigenvalue weighted by atomic mass is 33.1. The third-order valence-electron chi connectivity index (χ3n) is 1.46. The first-order valence-corrected chi connectivity index (χ1v) is 6.29. The highest BCUT2D eigenvalue weighted by molar-refractivity contribution is 8.76. The fourth-order valence-electron chi connectivity index (χ4n) is 0.934. The normalized spacial score (nSPS) is 9.92. The summed E-state index contributed by atoms with van der Waals surface area (Å²) in [5.41, 5.74) is 0.845. The van der Waals surface area contributed by atoms with Crippen molar-refractivity contribution in [2.75, 3.05) is 6.26 Å². The Kier molecular flexibility index (Phi) is 4.18. The summed E-state index contributed by atoms with van der Waals surface area (Å²) >= 11 is 0. The fourth-order valence-corrected chi connectivity index (χ4v) is 2.28. The Morgan fingerprint density at radius 2 is 2.00 bits per heavy atom. The molecular weight excluding hydrogens is 204 g/mol. The molecule has 2 nitrogen and oxygen atoms in total. The lowest BCUT2D eigenvalue weighted by molar-refractivity contribution is -0.136. The lowest BCUT2D eigenvalue weighted by atomic mass is 10.2. The van der Waals surface area contributed by atoms with E-state index in [1.807, 2.05) is 30.5 Å². The maximum atomic E-state index is 10.4. The Balaban J connectivity index is 2.64. The van der Waals surface area contributed by atoms with Crippen LogP contribution in [0.1, 0.15) is 5.56 Å². The van der Waals surface area contributed by atoms with Crippen molar-refractivity contribution in [3.63, 3.8) is 0 Å². The molecule has 0 aromatic heterocycles. The van der Waals surface area contributed by atoms with Gasteiger partial charge in [-0.3, -0.25) is 4.79 Å². The minimum absolute atomic E-state index is 0.101. The lowest BCUT2D eigenvalue weighted by Gasteiger charge is -1.99. The zero-order valence-corrected chi connectivity index (χ0v) is 8.82. The number of carbonyl (C=O) groups is 1. The maximum absolute atomic E-state index is 10.4. The molecule has 0 unspecified atom stereocenters. The summed E-state index contributed by atoms with van der Waals surface area (Å²) in [6.45, 7) is 0. The van der Waals surface area contributed by atoms with Crippen molar-refractivity contribution in [3.05, 3.63) is 29.8 Å². The molecule has 70 valence electrons. The maximum Gasteiger partial charge on any atom is 0.307 e. The minimum atomic E-state index is -0.787. The second-order valence-electron chi connectivity index (χ2n) is 2.46. The quantitative estimate of drug-likeness (QED) is 0.782. The van der Waals surface area contributed by atoms with Gasteiger partial charge in [-0.2, -0.15) is 0 Å². The first-order valence-electron chi connectivity index (χ1n) is 3.74. The largest absolute Gasteiger partial charge is 0.481 e. The summed E-state index contributed by atoms with van der Waals surface area (Å²) in [6, 6.07) is 7.60. The number of hydrogen-bond acceptors (Lipinski definition) is 3. The van der Waals surface area contributed by atoms with Gasteiger partial charge >= 0.3 is 5.97 Å². The number of hydrogen-bond donors (Lipinski definition) is 1. The number of aliphatic carboxylic acids is 1. The second-order valence-corrected chi connectivity index (χ2v) is 4.94. The molecule has 0 atom stereocenters. The molecule has 0 saturated carbocycles. The smallest absolute Gasteiger partial charge is 0.307 e. The average Bonchev–Trinajstić information content (AvgIpc) is 2.08. The van der Waals surface area contributed by atoms with E-state index in [-0.39, 0.29) is 6.42 Å². The van der Waals surface area contributed by atoms with Crippen LogP contribution in [-0.2, 0) is 11.2 Å². The van der Waals surface area contributed by atoms with Gasteiger partial charge in [0.25, 0.3) is 0 Å².